The zero-order valence-corrected chi connectivity index (χ0v) is 14.9. The first kappa shape index (κ1) is 17.3. The Bertz CT molecular complexity index is 792. The molecule has 6 heteroatoms. The summed E-state index contributed by atoms with van der Waals surface area (Å²) in [6.45, 7) is 4.22. The van der Waals surface area contributed by atoms with Crippen LogP contribution in [0.1, 0.15) is 32.6 Å². The minimum atomic E-state index is -3.50. The molecule has 24 heavy (non-hydrogen) atoms. The molecular formula is C18H25N3O2S. The van der Waals surface area contributed by atoms with Gasteiger partial charge >= 0.3 is 0 Å². The molecule has 1 N–H and O–H groups in total. The van der Waals surface area contributed by atoms with Crippen LogP contribution in [-0.4, -0.2) is 43.4 Å². The summed E-state index contributed by atoms with van der Waals surface area (Å²) in [6, 6.07) is 7.08. The van der Waals surface area contributed by atoms with E-state index in [2.05, 4.69) is 10.3 Å². The Morgan fingerprint density at radius 2 is 1.96 bits per heavy atom. The van der Waals surface area contributed by atoms with E-state index >= 15 is 0 Å². The van der Waals surface area contributed by atoms with Crippen molar-refractivity contribution in [1.29, 1.82) is 0 Å². The molecule has 130 valence electrons. The highest BCUT2D eigenvalue weighted by Crippen LogP contribution is 2.23. The van der Waals surface area contributed by atoms with Crippen molar-refractivity contribution in [3.8, 4) is 0 Å². The first-order valence-corrected chi connectivity index (χ1v) is 10.1. The fraction of sp³-hybridized carbons (Fsp3) is 0.500. The van der Waals surface area contributed by atoms with Crippen LogP contribution in [0.4, 0.5) is 0 Å². The van der Waals surface area contributed by atoms with Gasteiger partial charge in [-0.3, -0.25) is 4.98 Å². The summed E-state index contributed by atoms with van der Waals surface area (Å²) in [7, 11) is -3.50. The van der Waals surface area contributed by atoms with E-state index in [1.807, 2.05) is 19.1 Å². The predicted octanol–water partition coefficient (Wildman–Crippen LogP) is 2.78. The molecule has 1 saturated heterocycles. The van der Waals surface area contributed by atoms with Crippen LogP contribution in [-0.2, 0) is 10.0 Å². The molecule has 0 amide bonds. The number of nitrogens with zero attached hydrogens (tertiary/aromatic N) is 2. The van der Waals surface area contributed by atoms with Crippen LogP contribution >= 0.6 is 0 Å². The lowest BCUT2D eigenvalue weighted by Gasteiger charge is -2.29. The maximum Gasteiger partial charge on any atom is 0.243 e. The quantitative estimate of drug-likeness (QED) is 0.907. The van der Waals surface area contributed by atoms with Crippen LogP contribution in [0.25, 0.3) is 10.8 Å². The minimum Gasteiger partial charge on any atom is -0.315 e. The third-order valence-electron chi connectivity index (χ3n) is 4.63. The molecule has 5 nitrogen and oxygen atoms in total. The van der Waals surface area contributed by atoms with Crippen molar-refractivity contribution >= 4 is 20.8 Å². The summed E-state index contributed by atoms with van der Waals surface area (Å²) < 4.78 is 28.0. The van der Waals surface area contributed by atoms with E-state index in [-0.39, 0.29) is 6.04 Å². The van der Waals surface area contributed by atoms with Gasteiger partial charge in [-0.15, -0.1) is 0 Å². The monoisotopic (exact) mass is 347 g/mol. The van der Waals surface area contributed by atoms with Crippen LogP contribution in [0.5, 0.6) is 0 Å². The summed E-state index contributed by atoms with van der Waals surface area (Å²) in [5.41, 5.74) is 0. The Hall–Kier alpha value is -1.50. The van der Waals surface area contributed by atoms with E-state index in [0.717, 1.165) is 43.0 Å². The molecule has 0 saturated carbocycles. The molecule has 1 aliphatic heterocycles. The minimum absolute atomic E-state index is 0.0544. The lowest BCUT2D eigenvalue weighted by molar-refractivity contribution is 0.309. The topological polar surface area (TPSA) is 62.3 Å². The van der Waals surface area contributed by atoms with Gasteiger partial charge in [0.15, 0.2) is 0 Å². The van der Waals surface area contributed by atoms with E-state index in [0.29, 0.717) is 18.0 Å². The first-order valence-electron chi connectivity index (χ1n) is 8.65. The molecule has 0 bridgehead atoms. The summed E-state index contributed by atoms with van der Waals surface area (Å²) >= 11 is 0. The highest BCUT2D eigenvalue weighted by Gasteiger charge is 2.29. The van der Waals surface area contributed by atoms with Gasteiger partial charge in [0.05, 0.1) is 4.90 Å². The number of rotatable bonds is 2. The Morgan fingerprint density at radius 3 is 2.83 bits per heavy atom. The van der Waals surface area contributed by atoms with Gasteiger partial charge in [-0.2, -0.15) is 4.31 Å². The maximum atomic E-state index is 13.2. The molecule has 0 unspecified atom stereocenters. The van der Waals surface area contributed by atoms with Gasteiger partial charge in [-0.05, 0) is 49.9 Å². The molecule has 2 aromatic rings. The van der Waals surface area contributed by atoms with Gasteiger partial charge in [-0.25, -0.2) is 8.42 Å². The van der Waals surface area contributed by atoms with Crippen LogP contribution < -0.4 is 5.32 Å². The zero-order valence-electron chi connectivity index (χ0n) is 14.1. The summed E-state index contributed by atoms with van der Waals surface area (Å²) in [6.07, 6.45) is 7.75. The molecule has 1 aromatic heterocycles. The van der Waals surface area contributed by atoms with Gasteiger partial charge in [0.25, 0.3) is 0 Å². The van der Waals surface area contributed by atoms with Crippen LogP contribution in [0.3, 0.4) is 0 Å². The molecule has 2 heterocycles. The van der Waals surface area contributed by atoms with E-state index < -0.39 is 10.0 Å². The van der Waals surface area contributed by atoms with Crippen LogP contribution in [0, 0.1) is 0 Å². The van der Waals surface area contributed by atoms with Crippen molar-refractivity contribution in [2.45, 2.75) is 43.5 Å². The number of pyridine rings is 1. The number of sulfonamides is 1. The second-order valence-corrected chi connectivity index (χ2v) is 8.36. The van der Waals surface area contributed by atoms with Crippen LogP contribution in [0.15, 0.2) is 41.6 Å². The third kappa shape index (κ3) is 3.77. The van der Waals surface area contributed by atoms with Crippen LogP contribution in [0.2, 0.25) is 0 Å². The second-order valence-electron chi connectivity index (χ2n) is 6.47. The SMILES string of the molecule is C[C@@H]1CNCCCCCCN1S(=O)(=O)c1ccc2cnccc2c1. The average Bonchev–Trinajstić information content (AvgIpc) is 2.60. The molecule has 0 radical (unpaired) electrons. The highest BCUT2D eigenvalue weighted by molar-refractivity contribution is 7.89. The molecule has 0 spiro atoms. The Morgan fingerprint density at radius 1 is 1.12 bits per heavy atom. The van der Waals surface area contributed by atoms with Gasteiger partial charge in [0.1, 0.15) is 0 Å². The third-order valence-corrected chi connectivity index (χ3v) is 6.64. The van der Waals surface area contributed by atoms with Crippen molar-refractivity contribution in [1.82, 2.24) is 14.6 Å². The summed E-state index contributed by atoms with van der Waals surface area (Å²) in [4.78, 5) is 4.45. The first-order chi connectivity index (χ1) is 11.6. The molecule has 1 fully saturated rings. The Kier molecular flexibility index (Phi) is 5.48. The van der Waals surface area contributed by atoms with Gasteiger partial charge in [0, 0.05) is 36.9 Å². The molecule has 3 rings (SSSR count). The number of hydrogen-bond donors (Lipinski definition) is 1. The number of benzene rings is 1. The van der Waals surface area contributed by atoms with Gasteiger partial charge in [0.2, 0.25) is 10.0 Å². The Labute approximate surface area is 144 Å². The zero-order chi connectivity index (χ0) is 17.0. The smallest absolute Gasteiger partial charge is 0.243 e. The number of nitrogens with one attached hydrogen (secondary N) is 1. The second kappa shape index (κ2) is 7.59. The lowest BCUT2D eigenvalue weighted by Crippen LogP contribution is -2.45. The molecule has 1 atom stereocenters. The average molecular weight is 347 g/mol. The van der Waals surface area contributed by atoms with Crippen molar-refractivity contribution in [3.05, 3.63) is 36.7 Å². The molecule has 0 aliphatic carbocycles. The van der Waals surface area contributed by atoms with Crippen molar-refractivity contribution in [2.75, 3.05) is 19.6 Å². The molecular weight excluding hydrogens is 322 g/mol. The lowest BCUT2D eigenvalue weighted by atomic mass is 10.1. The fourth-order valence-corrected chi connectivity index (χ4v) is 4.92. The summed E-state index contributed by atoms with van der Waals surface area (Å²) in [5, 5.41) is 5.23. The molecule has 1 aromatic carbocycles. The van der Waals surface area contributed by atoms with Crippen molar-refractivity contribution in [3.63, 3.8) is 0 Å². The van der Waals surface area contributed by atoms with E-state index in [1.54, 1.807) is 28.8 Å². The van der Waals surface area contributed by atoms with Crippen molar-refractivity contribution < 1.29 is 8.42 Å². The largest absolute Gasteiger partial charge is 0.315 e. The van der Waals surface area contributed by atoms with E-state index in [4.69, 9.17) is 0 Å². The van der Waals surface area contributed by atoms with E-state index in [1.165, 1.54) is 0 Å². The normalized spacial score (nSPS) is 21.6. The highest BCUT2D eigenvalue weighted by atomic mass is 32.2. The predicted molar refractivity (Wildman–Crippen MR) is 96.4 cm³/mol. The van der Waals surface area contributed by atoms with E-state index in [9.17, 15) is 8.42 Å². The van der Waals surface area contributed by atoms with Crippen molar-refractivity contribution in [2.24, 2.45) is 0 Å². The number of aromatic nitrogens is 1. The standard InChI is InChI=1S/C18H25N3O2S/c1-15-13-19-9-4-2-3-5-11-21(15)24(22,23)18-7-6-17-14-20-10-8-16(17)12-18/h6-8,10,12,14-15,19H,2-5,9,11,13H2,1H3/t15-/m1/s1. The fourth-order valence-electron chi connectivity index (χ4n) is 3.22. The number of hydrogen-bond acceptors (Lipinski definition) is 4. The van der Waals surface area contributed by atoms with Gasteiger partial charge < -0.3 is 5.32 Å². The number of fused-ring (bicyclic) bond motifs is 1. The summed E-state index contributed by atoms with van der Waals surface area (Å²) in [5.74, 6) is 0. The Balaban J connectivity index is 1.92. The maximum absolute atomic E-state index is 13.2. The molecule has 1 aliphatic rings. The van der Waals surface area contributed by atoms with Gasteiger partial charge in [-0.1, -0.05) is 18.9 Å².